The van der Waals surface area contributed by atoms with Crippen LogP contribution in [0, 0.1) is 0 Å². The van der Waals surface area contributed by atoms with Crippen molar-refractivity contribution in [3.8, 4) is 5.75 Å². The van der Waals surface area contributed by atoms with Crippen molar-refractivity contribution >= 4 is 11.8 Å². The molecule has 0 saturated carbocycles. The van der Waals surface area contributed by atoms with Crippen LogP contribution in [0.5, 0.6) is 5.75 Å². The van der Waals surface area contributed by atoms with Gasteiger partial charge in [-0.2, -0.15) is 0 Å². The summed E-state index contributed by atoms with van der Waals surface area (Å²) in [6.07, 6.45) is -1.76. The lowest BCUT2D eigenvalue weighted by Gasteiger charge is -2.16. The third kappa shape index (κ3) is 1.48. The van der Waals surface area contributed by atoms with E-state index in [1.165, 1.54) is 13.0 Å². The molecular formula is C9H8FNO3. The highest BCUT2D eigenvalue weighted by atomic mass is 19.1. The van der Waals surface area contributed by atoms with Gasteiger partial charge in [0.25, 0.3) is 0 Å². The first-order valence-corrected chi connectivity index (χ1v) is 4.10. The Kier molecular flexibility index (Phi) is 1.99. The summed E-state index contributed by atoms with van der Waals surface area (Å²) in [5, 5.41) is 2.42. The molecule has 0 saturated heterocycles. The van der Waals surface area contributed by atoms with E-state index in [9.17, 15) is 9.18 Å². The maximum absolute atomic E-state index is 12.9. The van der Waals surface area contributed by atoms with Gasteiger partial charge in [0.05, 0.1) is 5.69 Å². The molecule has 0 spiro atoms. The number of hydrogen-bond donors (Lipinski definition) is 1. The van der Waals surface area contributed by atoms with E-state index in [-0.39, 0.29) is 0 Å². The van der Waals surface area contributed by atoms with Crippen molar-refractivity contribution in [2.75, 3.05) is 5.32 Å². The van der Waals surface area contributed by atoms with Crippen LogP contribution in [0.3, 0.4) is 0 Å². The lowest BCUT2D eigenvalue weighted by Crippen LogP contribution is -2.21. The molecule has 1 unspecified atom stereocenters. The summed E-state index contributed by atoms with van der Waals surface area (Å²) in [5.74, 6) is 0.312. The summed E-state index contributed by atoms with van der Waals surface area (Å²) in [5.41, 5.74) is 0.953. The number of carbonyl (C=O) groups is 1. The third-order valence-electron chi connectivity index (χ3n) is 1.91. The lowest BCUT2D eigenvalue weighted by atomic mass is 10.1. The van der Waals surface area contributed by atoms with E-state index >= 15 is 0 Å². The molecule has 0 fully saturated rings. The summed E-state index contributed by atoms with van der Waals surface area (Å²) in [6.45, 7) is 1.42. The SMILES string of the molecule is CC(F)c1ccc2c(c1)OOC(=O)N2. The van der Waals surface area contributed by atoms with Gasteiger partial charge in [-0.05, 0) is 24.6 Å². The average Bonchev–Trinajstić information content (AvgIpc) is 2.16. The maximum atomic E-state index is 12.9. The van der Waals surface area contributed by atoms with Crippen molar-refractivity contribution in [3.63, 3.8) is 0 Å². The number of halogens is 1. The van der Waals surface area contributed by atoms with Gasteiger partial charge in [0, 0.05) is 0 Å². The first-order chi connectivity index (χ1) is 6.66. The molecular weight excluding hydrogens is 189 g/mol. The number of fused-ring (bicyclic) bond motifs is 1. The van der Waals surface area contributed by atoms with Gasteiger partial charge in [-0.3, -0.25) is 10.2 Å². The summed E-state index contributed by atoms with van der Waals surface area (Å²) >= 11 is 0. The van der Waals surface area contributed by atoms with Gasteiger partial charge in [0.1, 0.15) is 6.17 Å². The van der Waals surface area contributed by atoms with E-state index in [0.29, 0.717) is 17.0 Å². The van der Waals surface area contributed by atoms with Crippen LogP contribution in [0.25, 0.3) is 0 Å². The highest BCUT2D eigenvalue weighted by Crippen LogP contribution is 2.31. The van der Waals surface area contributed by atoms with Gasteiger partial charge in [0.15, 0.2) is 0 Å². The molecule has 74 valence electrons. The fourth-order valence-corrected chi connectivity index (χ4v) is 1.17. The van der Waals surface area contributed by atoms with Crippen LogP contribution in [0.1, 0.15) is 18.7 Å². The van der Waals surface area contributed by atoms with E-state index in [0.717, 1.165) is 0 Å². The Morgan fingerprint density at radius 2 is 2.21 bits per heavy atom. The fraction of sp³-hybridized carbons (Fsp3) is 0.222. The van der Waals surface area contributed by atoms with Crippen molar-refractivity contribution in [3.05, 3.63) is 23.8 Å². The molecule has 1 aliphatic rings. The second-order valence-corrected chi connectivity index (χ2v) is 2.95. The number of hydrogen-bond acceptors (Lipinski definition) is 3. The Hall–Kier alpha value is -1.78. The Morgan fingerprint density at radius 1 is 1.43 bits per heavy atom. The molecule has 1 heterocycles. The number of amides is 1. The molecule has 1 N–H and O–H groups in total. The van der Waals surface area contributed by atoms with E-state index in [4.69, 9.17) is 0 Å². The van der Waals surface area contributed by atoms with Crippen molar-refractivity contribution in [1.82, 2.24) is 0 Å². The standard InChI is InChI=1S/C9H8FNO3/c1-5(10)6-2-3-7-8(4-6)13-14-9(12)11-7/h2-5H,1H3,(H,11,12). The van der Waals surface area contributed by atoms with Crippen LogP contribution >= 0.6 is 0 Å². The quantitative estimate of drug-likeness (QED) is 0.704. The third-order valence-corrected chi connectivity index (χ3v) is 1.91. The molecule has 0 radical (unpaired) electrons. The molecule has 0 aromatic heterocycles. The van der Waals surface area contributed by atoms with Crippen LogP contribution < -0.4 is 10.2 Å². The minimum Gasteiger partial charge on any atom is -0.284 e. The molecule has 0 aliphatic carbocycles. The summed E-state index contributed by atoms with van der Waals surface area (Å²) in [6, 6.07) is 4.64. The number of anilines is 1. The monoisotopic (exact) mass is 197 g/mol. The predicted octanol–water partition coefficient (Wildman–Crippen LogP) is 2.57. The van der Waals surface area contributed by atoms with Crippen molar-refractivity contribution in [1.29, 1.82) is 0 Å². The van der Waals surface area contributed by atoms with Crippen LogP contribution in [-0.4, -0.2) is 6.09 Å². The topological polar surface area (TPSA) is 47.6 Å². The van der Waals surface area contributed by atoms with E-state index in [1.807, 2.05) is 0 Å². The molecule has 4 nitrogen and oxygen atoms in total. The van der Waals surface area contributed by atoms with Crippen molar-refractivity contribution in [2.24, 2.45) is 0 Å². The van der Waals surface area contributed by atoms with E-state index < -0.39 is 12.3 Å². The predicted molar refractivity (Wildman–Crippen MR) is 46.7 cm³/mol. The van der Waals surface area contributed by atoms with Gasteiger partial charge in [-0.15, -0.1) is 0 Å². The number of nitrogens with one attached hydrogen (secondary N) is 1. The van der Waals surface area contributed by atoms with Gasteiger partial charge < -0.3 is 0 Å². The summed E-state index contributed by atoms with van der Waals surface area (Å²) in [4.78, 5) is 19.6. The van der Waals surface area contributed by atoms with E-state index in [2.05, 4.69) is 15.1 Å². The molecule has 2 rings (SSSR count). The zero-order valence-electron chi connectivity index (χ0n) is 7.41. The van der Waals surface area contributed by atoms with Crippen LogP contribution in [0.2, 0.25) is 0 Å². The zero-order chi connectivity index (χ0) is 10.1. The van der Waals surface area contributed by atoms with Crippen molar-refractivity contribution in [2.45, 2.75) is 13.1 Å². The van der Waals surface area contributed by atoms with Gasteiger partial charge in [-0.1, -0.05) is 6.07 Å². The normalized spacial score (nSPS) is 16.0. The molecule has 1 aromatic rings. The second kappa shape index (κ2) is 3.17. The molecule has 1 aromatic carbocycles. The van der Waals surface area contributed by atoms with Crippen LogP contribution in [0.4, 0.5) is 14.9 Å². The fourth-order valence-electron chi connectivity index (χ4n) is 1.17. The Bertz CT molecular complexity index is 378. The second-order valence-electron chi connectivity index (χ2n) is 2.95. The first-order valence-electron chi connectivity index (χ1n) is 4.10. The molecule has 0 bridgehead atoms. The lowest BCUT2D eigenvalue weighted by molar-refractivity contribution is -0.140. The summed E-state index contributed by atoms with van der Waals surface area (Å²) < 4.78 is 12.9. The highest BCUT2D eigenvalue weighted by molar-refractivity contribution is 5.88. The van der Waals surface area contributed by atoms with Gasteiger partial charge in [0.2, 0.25) is 5.75 Å². The minimum absolute atomic E-state index is 0.312. The molecule has 1 amide bonds. The molecule has 14 heavy (non-hydrogen) atoms. The maximum Gasteiger partial charge on any atom is 0.454 e. The zero-order valence-corrected chi connectivity index (χ0v) is 7.41. The van der Waals surface area contributed by atoms with Crippen LogP contribution in [-0.2, 0) is 4.89 Å². The number of carbonyl (C=O) groups excluding carboxylic acids is 1. The molecule has 5 heteroatoms. The summed E-state index contributed by atoms with van der Waals surface area (Å²) in [7, 11) is 0. The smallest absolute Gasteiger partial charge is 0.284 e. The van der Waals surface area contributed by atoms with Crippen molar-refractivity contribution < 1.29 is 19.0 Å². The number of rotatable bonds is 1. The average molecular weight is 197 g/mol. The van der Waals surface area contributed by atoms with Crippen LogP contribution in [0.15, 0.2) is 18.2 Å². The molecule has 1 aliphatic heterocycles. The van der Waals surface area contributed by atoms with Gasteiger partial charge >= 0.3 is 6.09 Å². The highest BCUT2D eigenvalue weighted by Gasteiger charge is 2.19. The van der Waals surface area contributed by atoms with Gasteiger partial charge in [-0.25, -0.2) is 14.1 Å². The molecule has 1 atom stereocenters. The Labute approximate surface area is 79.6 Å². The minimum atomic E-state index is -1.08. The Balaban J connectivity index is 2.36. The largest absolute Gasteiger partial charge is 0.454 e. The first kappa shape index (κ1) is 8.80. The Morgan fingerprint density at radius 3 is 2.93 bits per heavy atom. The number of benzene rings is 1. The number of alkyl halides is 1. The van der Waals surface area contributed by atoms with E-state index in [1.54, 1.807) is 12.1 Å².